The van der Waals surface area contributed by atoms with Crippen molar-refractivity contribution in [2.45, 2.75) is 20.3 Å². The van der Waals surface area contributed by atoms with E-state index in [1.54, 1.807) is 14.0 Å². The first-order valence-corrected chi connectivity index (χ1v) is 6.61. The molecule has 0 radical (unpaired) electrons. The molecule has 1 amide bonds. The maximum atomic E-state index is 11.6. The summed E-state index contributed by atoms with van der Waals surface area (Å²) < 4.78 is 24.4. The third-order valence-corrected chi connectivity index (χ3v) is 4.18. The molecule has 6 heteroatoms. The van der Waals surface area contributed by atoms with Gasteiger partial charge in [-0.25, -0.2) is 12.7 Å². The highest BCUT2D eigenvalue weighted by Gasteiger charge is 2.21. The first kappa shape index (κ1) is 14.4. The fourth-order valence-electron chi connectivity index (χ4n) is 1.24. The second-order valence-electron chi connectivity index (χ2n) is 3.61. The first-order chi connectivity index (χ1) is 6.85. The molecule has 0 saturated heterocycles. The second kappa shape index (κ2) is 6.07. The van der Waals surface area contributed by atoms with Gasteiger partial charge in [0.25, 0.3) is 0 Å². The zero-order valence-corrected chi connectivity index (χ0v) is 10.6. The molecule has 1 atom stereocenters. The maximum absolute atomic E-state index is 11.6. The Balaban J connectivity index is 4.36. The lowest BCUT2D eigenvalue weighted by Crippen LogP contribution is -2.38. The van der Waals surface area contributed by atoms with Gasteiger partial charge in [0.2, 0.25) is 15.9 Å². The molecule has 0 spiro atoms. The van der Waals surface area contributed by atoms with E-state index in [2.05, 4.69) is 5.32 Å². The number of sulfonamides is 1. The number of carbonyl (C=O) groups excluding carboxylic acids is 1. The van der Waals surface area contributed by atoms with Crippen LogP contribution < -0.4 is 5.32 Å². The minimum absolute atomic E-state index is 0.129. The van der Waals surface area contributed by atoms with E-state index in [1.165, 1.54) is 11.4 Å². The van der Waals surface area contributed by atoms with Crippen molar-refractivity contribution in [3.8, 4) is 0 Å². The largest absolute Gasteiger partial charge is 0.359 e. The SMILES string of the molecule is CCCS(=O)(=O)N(C)CC(C)C(=O)NC. The van der Waals surface area contributed by atoms with Crippen molar-refractivity contribution in [2.24, 2.45) is 5.92 Å². The van der Waals surface area contributed by atoms with Crippen LogP contribution in [-0.4, -0.2) is 45.0 Å². The van der Waals surface area contributed by atoms with Gasteiger partial charge in [0.1, 0.15) is 0 Å². The number of carbonyl (C=O) groups is 1. The lowest BCUT2D eigenvalue weighted by Gasteiger charge is -2.19. The van der Waals surface area contributed by atoms with Gasteiger partial charge in [0.05, 0.1) is 5.75 Å². The molecule has 5 nitrogen and oxygen atoms in total. The molecule has 0 aromatic heterocycles. The van der Waals surface area contributed by atoms with Crippen LogP contribution >= 0.6 is 0 Å². The van der Waals surface area contributed by atoms with Gasteiger partial charge in [-0.2, -0.15) is 0 Å². The van der Waals surface area contributed by atoms with Gasteiger partial charge in [0.15, 0.2) is 0 Å². The van der Waals surface area contributed by atoms with E-state index < -0.39 is 10.0 Å². The number of hydrogen-bond acceptors (Lipinski definition) is 3. The van der Waals surface area contributed by atoms with Gasteiger partial charge in [0, 0.05) is 26.6 Å². The van der Waals surface area contributed by atoms with Crippen LogP contribution in [0.3, 0.4) is 0 Å². The molecule has 0 aliphatic heterocycles. The Labute approximate surface area is 91.9 Å². The molecule has 0 aromatic carbocycles. The van der Waals surface area contributed by atoms with E-state index in [1.807, 2.05) is 6.92 Å². The summed E-state index contributed by atoms with van der Waals surface area (Å²) >= 11 is 0. The molecule has 0 rings (SSSR count). The van der Waals surface area contributed by atoms with Crippen LogP contribution in [0.2, 0.25) is 0 Å². The minimum atomic E-state index is -3.19. The summed E-state index contributed by atoms with van der Waals surface area (Å²) in [5.74, 6) is -0.343. The van der Waals surface area contributed by atoms with Crippen molar-refractivity contribution in [2.75, 3.05) is 26.4 Å². The van der Waals surface area contributed by atoms with E-state index in [-0.39, 0.29) is 24.1 Å². The average Bonchev–Trinajstić information content (AvgIpc) is 2.16. The van der Waals surface area contributed by atoms with Gasteiger partial charge in [-0.1, -0.05) is 13.8 Å². The van der Waals surface area contributed by atoms with Crippen LogP contribution in [0.5, 0.6) is 0 Å². The normalized spacial score (nSPS) is 13.9. The Morgan fingerprint density at radius 1 is 1.47 bits per heavy atom. The molecule has 90 valence electrons. The summed E-state index contributed by atoms with van der Waals surface area (Å²) in [6, 6.07) is 0. The molecule has 0 fully saturated rings. The van der Waals surface area contributed by atoms with E-state index in [0.717, 1.165) is 0 Å². The topological polar surface area (TPSA) is 66.5 Å². The monoisotopic (exact) mass is 236 g/mol. The van der Waals surface area contributed by atoms with Crippen LogP contribution in [0.25, 0.3) is 0 Å². The van der Waals surface area contributed by atoms with Crippen molar-refractivity contribution in [1.82, 2.24) is 9.62 Å². The molecular formula is C9H20N2O3S. The zero-order valence-electron chi connectivity index (χ0n) is 9.78. The van der Waals surface area contributed by atoms with Crippen molar-refractivity contribution < 1.29 is 13.2 Å². The highest BCUT2D eigenvalue weighted by atomic mass is 32.2. The standard InChI is InChI=1S/C9H20N2O3S/c1-5-6-15(13,14)11(4)7-8(2)9(12)10-3/h8H,5-7H2,1-4H3,(H,10,12). The molecule has 0 aromatic rings. The molecule has 0 aliphatic carbocycles. The van der Waals surface area contributed by atoms with E-state index in [9.17, 15) is 13.2 Å². The molecular weight excluding hydrogens is 216 g/mol. The fourth-order valence-corrected chi connectivity index (χ4v) is 2.52. The summed E-state index contributed by atoms with van der Waals surface area (Å²) in [5, 5.41) is 2.49. The predicted octanol–water partition coefficient (Wildman–Crippen LogP) is 0.0401. The third kappa shape index (κ3) is 4.61. The minimum Gasteiger partial charge on any atom is -0.359 e. The van der Waals surface area contributed by atoms with Gasteiger partial charge in [-0.3, -0.25) is 4.79 Å². The summed E-state index contributed by atoms with van der Waals surface area (Å²) in [6.07, 6.45) is 0.584. The average molecular weight is 236 g/mol. The lowest BCUT2D eigenvalue weighted by molar-refractivity contribution is -0.124. The molecule has 0 aliphatic rings. The molecule has 0 bridgehead atoms. The van der Waals surface area contributed by atoms with Crippen LogP contribution in [0.4, 0.5) is 0 Å². The number of rotatable bonds is 6. The second-order valence-corrected chi connectivity index (χ2v) is 5.81. The number of hydrogen-bond donors (Lipinski definition) is 1. The van der Waals surface area contributed by atoms with Gasteiger partial charge >= 0.3 is 0 Å². The summed E-state index contributed by atoms with van der Waals surface area (Å²) in [7, 11) is -0.148. The molecule has 1 N–H and O–H groups in total. The number of amides is 1. The lowest BCUT2D eigenvalue weighted by atomic mass is 10.2. The molecule has 15 heavy (non-hydrogen) atoms. The van der Waals surface area contributed by atoms with Crippen molar-refractivity contribution >= 4 is 15.9 Å². The van der Waals surface area contributed by atoms with Gasteiger partial charge in [-0.15, -0.1) is 0 Å². The summed E-state index contributed by atoms with van der Waals surface area (Å²) in [5.41, 5.74) is 0. The third-order valence-electron chi connectivity index (χ3n) is 2.16. The van der Waals surface area contributed by atoms with E-state index in [0.29, 0.717) is 6.42 Å². The molecule has 1 unspecified atom stereocenters. The van der Waals surface area contributed by atoms with E-state index >= 15 is 0 Å². The smallest absolute Gasteiger partial charge is 0.223 e. The number of nitrogens with one attached hydrogen (secondary N) is 1. The van der Waals surface area contributed by atoms with Crippen LogP contribution in [0.15, 0.2) is 0 Å². The summed E-state index contributed by atoms with van der Waals surface area (Å²) in [6.45, 7) is 3.74. The predicted molar refractivity (Wildman–Crippen MR) is 59.9 cm³/mol. The van der Waals surface area contributed by atoms with Gasteiger partial charge < -0.3 is 5.32 Å². The van der Waals surface area contributed by atoms with Crippen LogP contribution in [-0.2, 0) is 14.8 Å². The van der Waals surface area contributed by atoms with Gasteiger partial charge in [-0.05, 0) is 6.42 Å². The van der Waals surface area contributed by atoms with Crippen LogP contribution in [0.1, 0.15) is 20.3 Å². The molecule has 0 saturated carbocycles. The fraction of sp³-hybridized carbons (Fsp3) is 0.889. The summed E-state index contributed by atoms with van der Waals surface area (Å²) in [4.78, 5) is 11.2. The molecule has 0 heterocycles. The Kier molecular flexibility index (Phi) is 5.82. The quantitative estimate of drug-likeness (QED) is 0.708. The van der Waals surface area contributed by atoms with Crippen molar-refractivity contribution in [1.29, 1.82) is 0 Å². The Hall–Kier alpha value is -0.620. The van der Waals surface area contributed by atoms with Crippen LogP contribution in [0, 0.1) is 5.92 Å². The zero-order chi connectivity index (χ0) is 12.1. The van der Waals surface area contributed by atoms with Crippen molar-refractivity contribution in [3.63, 3.8) is 0 Å². The Morgan fingerprint density at radius 3 is 2.40 bits per heavy atom. The Bertz CT molecular complexity index is 300. The first-order valence-electron chi connectivity index (χ1n) is 5.00. The Morgan fingerprint density at radius 2 is 2.00 bits per heavy atom. The highest BCUT2D eigenvalue weighted by Crippen LogP contribution is 2.05. The van der Waals surface area contributed by atoms with Crippen molar-refractivity contribution in [3.05, 3.63) is 0 Å². The van der Waals surface area contributed by atoms with E-state index in [4.69, 9.17) is 0 Å². The number of nitrogens with zero attached hydrogens (tertiary/aromatic N) is 1. The maximum Gasteiger partial charge on any atom is 0.223 e. The highest BCUT2D eigenvalue weighted by molar-refractivity contribution is 7.89.